The Balaban J connectivity index is 2.11. The fourth-order valence-electron chi connectivity index (χ4n) is 2.80. The van der Waals surface area contributed by atoms with E-state index in [0.717, 1.165) is 0 Å². The summed E-state index contributed by atoms with van der Waals surface area (Å²) in [7, 11) is 0. The molecule has 148 valence electrons. The number of carboxylic acid groups (broad SMARTS) is 1. The number of carboxylic acids is 1. The van der Waals surface area contributed by atoms with E-state index in [-0.39, 0.29) is 12.2 Å². The van der Waals surface area contributed by atoms with Crippen molar-refractivity contribution in [1.82, 2.24) is 4.90 Å². The Morgan fingerprint density at radius 2 is 1.85 bits per heavy atom. The van der Waals surface area contributed by atoms with Gasteiger partial charge in [0.1, 0.15) is 11.6 Å². The van der Waals surface area contributed by atoms with Crippen molar-refractivity contribution in [2.45, 2.75) is 58.0 Å². The lowest BCUT2D eigenvalue weighted by atomic mass is 10.1. The first kappa shape index (κ1) is 20.7. The second kappa shape index (κ2) is 8.39. The monoisotopic (exact) mass is 379 g/mol. The lowest BCUT2D eigenvalue weighted by molar-refractivity contribution is -0.167. The van der Waals surface area contributed by atoms with Gasteiger partial charge in [-0.1, -0.05) is 24.3 Å². The van der Waals surface area contributed by atoms with Gasteiger partial charge < -0.3 is 19.7 Å². The molecule has 1 aliphatic heterocycles. The van der Waals surface area contributed by atoms with Gasteiger partial charge in [0.05, 0.1) is 6.61 Å². The SMILES string of the molecule is CC(C)(C)OC(=O)N1CCCC1C(=O)OC(C(=O)O)c1ccc(CO)cc1. The average Bonchev–Trinajstić information content (AvgIpc) is 3.08. The molecule has 1 saturated heterocycles. The Bertz CT molecular complexity index is 693. The van der Waals surface area contributed by atoms with Gasteiger partial charge in [-0.15, -0.1) is 0 Å². The minimum Gasteiger partial charge on any atom is -0.478 e. The van der Waals surface area contributed by atoms with Crippen LogP contribution in [0.3, 0.4) is 0 Å². The van der Waals surface area contributed by atoms with Crippen LogP contribution in [0.4, 0.5) is 4.79 Å². The van der Waals surface area contributed by atoms with Crippen molar-refractivity contribution in [3.63, 3.8) is 0 Å². The first-order valence-corrected chi connectivity index (χ1v) is 8.75. The molecule has 1 fully saturated rings. The molecule has 0 spiro atoms. The van der Waals surface area contributed by atoms with E-state index in [1.54, 1.807) is 32.9 Å². The molecule has 8 nitrogen and oxygen atoms in total. The van der Waals surface area contributed by atoms with Gasteiger partial charge in [-0.3, -0.25) is 4.90 Å². The number of esters is 1. The predicted molar refractivity (Wildman–Crippen MR) is 94.8 cm³/mol. The van der Waals surface area contributed by atoms with Gasteiger partial charge in [0.15, 0.2) is 0 Å². The zero-order chi connectivity index (χ0) is 20.2. The van der Waals surface area contributed by atoms with Gasteiger partial charge in [0.25, 0.3) is 0 Å². The number of rotatable bonds is 5. The van der Waals surface area contributed by atoms with Crippen molar-refractivity contribution < 1.29 is 34.1 Å². The van der Waals surface area contributed by atoms with Crippen LogP contribution >= 0.6 is 0 Å². The highest BCUT2D eigenvalue weighted by atomic mass is 16.6. The quantitative estimate of drug-likeness (QED) is 0.754. The summed E-state index contributed by atoms with van der Waals surface area (Å²) in [5.41, 5.74) is 0.183. The summed E-state index contributed by atoms with van der Waals surface area (Å²) < 4.78 is 10.5. The van der Waals surface area contributed by atoms with E-state index in [9.17, 15) is 19.5 Å². The number of carbonyl (C=O) groups is 3. The van der Waals surface area contributed by atoms with Crippen molar-refractivity contribution in [3.05, 3.63) is 35.4 Å². The van der Waals surface area contributed by atoms with Crippen LogP contribution in [0, 0.1) is 0 Å². The fourth-order valence-corrected chi connectivity index (χ4v) is 2.80. The summed E-state index contributed by atoms with van der Waals surface area (Å²) in [5.74, 6) is -2.10. The molecule has 8 heteroatoms. The molecule has 1 aromatic rings. The molecule has 0 saturated carbocycles. The van der Waals surface area contributed by atoms with Crippen LogP contribution in [-0.2, 0) is 25.7 Å². The summed E-state index contributed by atoms with van der Waals surface area (Å²) in [6.45, 7) is 5.35. The number of likely N-dealkylation sites (tertiary alicyclic amines) is 1. The maximum Gasteiger partial charge on any atom is 0.411 e. The van der Waals surface area contributed by atoms with E-state index in [4.69, 9.17) is 14.6 Å². The molecular weight excluding hydrogens is 354 g/mol. The normalized spacial score (nSPS) is 18.1. The number of nitrogens with zero attached hydrogens (tertiary/aromatic N) is 1. The second-order valence-electron chi connectivity index (χ2n) is 7.39. The minimum atomic E-state index is -1.49. The van der Waals surface area contributed by atoms with Gasteiger partial charge in [-0.25, -0.2) is 14.4 Å². The molecule has 2 unspecified atom stereocenters. The van der Waals surface area contributed by atoms with E-state index in [1.165, 1.54) is 17.0 Å². The van der Waals surface area contributed by atoms with Crippen molar-refractivity contribution in [2.75, 3.05) is 6.54 Å². The maximum atomic E-state index is 12.6. The van der Waals surface area contributed by atoms with E-state index in [2.05, 4.69) is 0 Å². The Morgan fingerprint density at radius 1 is 1.22 bits per heavy atom. The molecule has 0 bridgehead atoms. The molecule has 0 aromatic heterocycles. The zero-order valence-electron chi connectivity index (χ0n) is 15.7. The van der Waals surface area contributed by atoms with E-state index >= 15 is 0 Å². The molecule has 2 N–H and O–H groups in total. The number of hydrogen-bond donors (Lipinski definition) is 2. The third-order valence-electron chi connectivity index (χ3n) is 4.08. The van der Waals surface area contributed by atoms with Crippen molar-refractivity contribution in [2.24, 2.45) is 0 Å². The second-order valence-corrected chi connectivity index (χ2v) is 7.39. The Kier molecular flexibility index (Phi) is 6.43. The Labute approximate surface area is 157 Å². The third kappa shape index (κ3) is 5.43. The van der Waals surface area contributed by atoms with Gasteiger partial charge >= 0.3 is 18.0 Å². The summed E-state index contributed by atoms with van der Waals surface area (Å²) >= 11 is 0. The highest BCUT2D eigenvalue weighted by molar-refractivity contribution is 5.85. The maximum absolute atomic E-state index is 12.6. The molecule has 0 aliphatic carbocycles. The number of aliphatic hydroxyl groups is 1. The first-order chi connectivity index (χ1) is 12.6. The third-order valence-corrected chi connectivity index (χ3v) is 4.08. The lowest BCUT2D eigenvalue weighted by Gasteiger charge is -2.28. The van der Waals surface area contributed by atoms with Gasteiger partial charge in [0.2, 0.25) is 6.10 Å². The summed E-state index contributed by atoms with van der Waals surface area (Å²) in [6, 6.07) is 5.21. The first-order valence-electron chi connectivity index (χ1n) is 8.75. The van der Waals surface area contributed by atoms with Crippen molar-refractivity contribution >= 4 is 18.0 Å². The van der Waals surface area contributed by atoms with Crippen molar-refractivity contribution in [1.29, 1.82) is 0 Å². The minimum absolute atomic E-state index is 0.176. The fraction of sp³-hybridized carbons (Fsp3) is 0.526. The van der Waals surface area contributed by atoms with Crippen LogP contribution in [0.15, 0.2) is 24.3 Å². The molecule has 0 radical (unpaired) electrons. The smallest absolute Gasteiger partial charge is 0.411 e. The molecule has 2 atom stereocenters. The molecule has 1 aliphatic rings. The largest absolute Gasteiger partial charge is 0.478 e. The van der Waals surface area contributed by atoms with Crippen LogP contribution in [0.2, 0.25) is 0 Å². The van der Waals surface area contributed by atoms with E-state index in [1.807, 2.05) is 0 Å². The summed E-state index contributed by atoms with van der Waals surface area (Å²) in [5, 5.41) is 18.5. The molecule has 1 heterocycles. The number of aliphatic carboxylic acids is 1. The summed E-state index contributed by atoms with van der Waals surface area (Å²) in [4.78, 5) is 37.7. The topological polar surface area (TPSA) is 113 Å². The lowest BCUT2D eigenvalue weighted by Crippen LogP contribution is -2.44. The van der Waals surface area contributed by atoms with Crippen LogP contribution in [-0.4, -0.2) is 51.3 Å². The van der Waals surface area contributed by atoms with Gasteiger partial charge in [0, 0.05) is 12.1 Å². The number of benzene rings is 1. The number of ether oxygens (including phenoxy) is 2. The number of hydrogen-bond acceptors (Lipinski definition) is 6. The van der Waals surface area contributed by atoms with Crippen LogP contribution < -0.4 is 0 Å². The molecule has 2 rings (SSSR count). The Hall–Kier alpha value is -2.61. The van der Waals surface area contributed by atoms with Crippen LogP contribution in [0.5, 0.6) is 0 Å². The van der Waals surface area contributed by atoms with E-state index < -0.39 is 35.8 Å². The molecule has 1 aromatic carbocycles. The van der Waals surface area contributed by atoms with Crippen molar-refractivity contribution in [3.8, 4) is 0 Å². The van der Waals surface area contributed by atoms with E-state index in [0.29, 0.717) is 24.9 Å². The van der Waals surface area contributed by atoms with Gasteiger partial charge in [-0.05, 0) is 39.2 Å². The van der Waals surface area contributed by atoms with Crippen LogP contribution in [0.25, 0.3) is 0 Å². The molecule has 27 heavy (non-hydrogen) atoms. The Morgan fingerprint density at radius 3 is 2.37 bits per heavy atom. The number of amides is 1. The highest BCUT2D eigenvalue weighted by Crippen LogP contribution is 2.25. The number of carbonyl (C=O) groups excluding carboxylic acids is 2. The standard InChI is InChI=1S/C19H25NO7/c1-19(2,3)27-18(25)20-10-4-5-14(20)17(24)26-15(16(22)23)13-8-6-12(11-21)7-9-13/h6-9,14-15,21H,4-5,10-11H2,1-3H3,(H,22,23). The highest BCUT2D eigenvalue weighted by Gasteiger charge is 2.39. The predicted octanol–water partition coefficient (Wildman–Crippen LogP) is 2.25. The van der Waals surface area contributed by atoms with Gasteiger partial charge in [-0.2, -0.15) is 0 Å². The average molecular weight is 379 g/mol. The summed E-state index contributed by atoms with van der Waals surface area (Å²) in [6.07, 6.45) is -1.14. The molecule has 1 amide bonds. The van der Waals surface area contributed by atoms with Crippen LogP contribution in [0.1, 0.15) is 50.8 Å². The zero-order valence-corrected chi connectivity index (χ0v) is 15.7. The molecular formula is C19H25NO7. The number of aliphatic hydroxyl groups excluding tert-OH is 1.